The maximum absolute atomic E-state index is 6.70. The zero-order valence-corrected chi connectivity index (χ0v) is 16.5. The molecule has 1 nitrogen and oxygen atoms in total. The molecule has 0 radical (unpaired) electrons. The fourth-order valence-corrected chi connectivity index (χ4v) is 4.67. The lowest BCUT2D eigenvalue weighted by atomic mass is 9.94. The van der Waals surface area contributed by atoms with E-state index in [1.165, 1.54) is 54.6 Å². The van der Waals surface area contributed by atoms with Crippen molar-refractivity contribution >= 4 is 43.5 Å². The van der Waals surface area contributed by atoms with Crippen LogP contribution in [0, 0.1) is 13.8 Å². The van der Waals surface area contributed by atoms with Crippen molar-refractivity contribution in [2.75, 3.05) is 0 Å². The number of hydrogen-bond acceptors (Lipinski definition) is 1. The number of fused-ring (bicyclic) bond motifs is 7. The molecule has 0 aliphatic carbocycles. The SMILES string of the molecule is Cc1ccccc1-c1c(C)ccc2c1oc1c2ccc2ccc3ccccc3c21. The lowest BCUT2D eigenvalue weighted by Gasteiger charge is -2.09. The summed E-state index contributed by atoms with van der Waals surface area (Å²) in [4.78, 5) is 0. The number of aryl methyl sites for hydroxylation is 2. The monoisotopic (exact) mass is 372 g/mol. The summed E-state index contributed by atoms with van der Waals surface area (Å²) in [5.74, 6) is 0. The summed E-state index contributed by atoms with van der Waals surface area (Å²) in [7, 11) is 0. The molecule has 6 aromatic rings. The van der Waals surface area contributed by atoms with Crippen LogP contribution in [0.4, 0.5) is 0 Å². The van der Waals surface area contributed by atoms with E-state index in [1.54, 1.807) is 0 Å². The standard InChI is InChI=1S/C28H20O/c1-17-7-3-5-9-21(17)25-18(2)11-15-23-24-16-14-20-13-12-19-8-4-6-10-22(19)26(20)28(24)29-27(23)25/h3-16H,1-2H3. The Balaban J connectivity index is 1.83. The first-order valence-corrected chi connectivity index (χ1v) is 10.0. The van der Waals surface area contributed by atoms with Crippen LogP contribution in [0.15, 0.2) is 89.3 Å². The van der Waals surface area contributed by atoms with Crippen molar-refractivity contribution in [1.29, 1.82) is 0 Å². The Morgan fingerprint density at radius 2 is 1.21 bits per heavy atom. The molecule has 0 saturated carbocycles. The number of rotatable bonds is 1. The summed E-state index contributed by atoms with van der Waals surface area (Å²) in [6.07, 6.45) is 0. The number of benzene rings is 5. The van der Waals surface area contributed by atoms with Gasteiger partial charge in [-0.2, -0.15) is 0 Å². The van der Waals surface area contributed by atoms with E-state index in [2.05, 4.69) is 98.8 Å². The molecule has 0 amide bonds. The van der Waals surface area contributed by atoms with Gasteiger partial charge in [0.15, 0.2) is 0 Å². The molecule has 5 aromatic carbocycles. The fraction of sp³-hybridized carbons (Fsp3) is 0.0714. The summed E-state index contributed by atoms with van der Waals surface area (Å²) in [5, 5.41) is 7.25. The minimum absolute atomic E-state index is 0.981. The molecular weight excluding hydrogens is 352 g/mol. The van der Waals surface area contributed by atoms with Gasteiger partial charge in [-0.05, 0) is 52.8 Å². The summed E-state index contributed by atoms with van der Waals surface area (Å²) >= 11 is 0. The van der Waals surface area contributed by atoms with Crippen molar-refractivity contribution in [2.45, 2.75) is 13.8 Å². The van der Waals surface area contributed by atoms with Gasteiger partial charge in [0.05, 0.1) is 0 Å². The Kier molecular flexibility index (Phi) is 3.36. The van der Waals surface area contributed by atoms with Gasteiger partial charge in [-0.15, -0.1) is 0 Å². The molecule has 6 rings (SSSR count). The van der Waals surface area contributed by atoms with Crippen molar-refractivity contribution in [3.63, 3.8) is 0 Å². The normalized spacial score (nSPS) is 11.8. The Labute approximate surface area is 169 Å². The zero-order chi connectivity index (χ0) is 19.5. The molecule has 0 atom stereocenters. The second-order valence-electron chi connectivity index (χ2n) is 7.88. The van der Waals surface area contributed by atoms with Gasteiger partial charge >= 0.3 is 0 Å². The molecule has 0 bridgehead atoms. The molecule has 0 unspecified atom stereocenters. The van der Waals surface area contributed by atoms with Gasteiger partial charge < -0.3 is 4.42 Å². The van der Waals surface area contributed by atoms with Crippen molar-refractivity contribution in [2.24, 2.45) is 0 Å². The van der Waals surface area contributed by atoms with Gasteiger partial charge in [-0.3, -0.25) is 0 Å². The second kappa shape index (κ2) is 5.96. The lowest BCUT2D eigenvalue weighted by Crippen LogP contribution is -1.87. The first kappa shape index (κ1) is 16.4. The Morgan fingerprint density at radius 3 is 2.10 bits per heavy atom. The van der Waals surface area contributed by atoms with E-state index >= 15 is 0 Å². The molecule has 29 heavy (non-hydrogen) atoms. The lowest BCUT2D eigenvalue weighted by molar-refractivity contribution is 0.673. The van der Waals surface area contributed by atoms with E-state index in [4.69, 9.17) is 4.42 Å². The average molecular weight is 372 g/mol. The molecule has 1 heterocycles. The van der Waals surface area contributed by atoms with Crippen LogP contribution < -0.4 is 0 Å². The molecule has 0 aliphatic rings. The van der Waals surface area contributed by atoms with E-state index in [1.807, 2.05) is 0 Å². The molecule has 1 aromatic heterocycles. The molecule has 138 valence electrons. The predicted octanol–water partition coefficient (Wildman–Crippen LogP) is 8.18. The van der Waals surface area contributed by atoms with Crippen LogP contribution in [0.1, 0.15) is 11.1 Å². The minimum atomic E-state index is 0.981. The van der Waals surface area contributed by atoms with Gasteiger partial charge in [-0.25, -0.2) is 0 Å². The van der Waals surface area contributed by atoms with Crippen LogP contribution in [-0.4, -0.2) is 0 Å². The van der Waals surface area contributed by atoms with E-state index in [0.29, 0.717) is 0 Å². The van der Waals surface area contributed by atoms with E-state index in [-0.39, 0.29) is 0 Å². The summed E-state index contributed by atoms with van der Waals surface area (Å²) in [5.41, 5.74) is 6.90. The van der Waals surface area contributed by atoms with Crippen LogP contribution in [0.2, 0.25) is 0 Å². The summed E-state index contributed by atoms with van der Waals surface area (Å²) in [6, 6.07) is 30.3. The predicted molar refractivity (Wildman–Crippen MR) is 124 cm³/mol. The van der Waals surface area contributed by atoms with Gasteiger partial charge in [-0.1, -0.05) is 78.9 Å². The van der Waals surface area contributed by atoms with Crippen LogP contribution in [-0.2, 0) is 0 Å². The fourth-order valence-electron chi connectivity index (χ4n) is 4.67. The summed E-state index contributed by atoms with van der Waals surface area (Å²) < 4.78 is 6.70. The van der Waals surface area contributed by atoms with Gasteiger partial charge in [0.25, 0.3) is 0 Å². The highest BCUT2D eigenvalue weighted by Crippen LogP contribution is 2.42. The average Bonchev–Trinajstić information content (AvgIpc) is 3.13. The Morgan fingerprint density at radius 1 is 0.517 bits per heavy atom. The molecule has 0 aliphatic heterocycles. The van der Waals surface area contributed by atoms with Crippen molar-refractivity contribution in [3.05, 3.63) is 96.1 Å². The van der Waals surface area contributed by atoms with Crippen molar-refractivity contribution < 1.29 is 4.42 Å². The third-order valence-electron chi connectivity index (χ3n) is 6.14. The van der Waals surface area contributed by atoms with Crippen LogP contribution in [0.25, 0.3) is 54.6 Å². The molecular formula is C28H20O. The molecule has 0 spiro atoms. The zero-order valence-electron chi connectivity index (χ0n) is 16.5. The maximum Gasteiger partial charge on any atom is 0.143 e. The van der Waals surface area contributed by atoms with Crippen LogP contribution in [0.5, 0.6) is 0 Å². The van der Waals surface area contributed by atoms with E-state index in [0.717, 1.165) is 11.2 Å². The van der Waals surface area contributed by atoms with Crippen molar-refractivity contribution in [3.8, 4) is 11.1 Å². The molecule has 0 fully saturated rings. The minimum Gasteiger partial charge on any atom is -0.455 e. The van der Waals surface area contributed by atoms with Crippen LogP contribution >= 0.6 is 0 Å². The summed E-state index contributed by atoms with van der Waals surface area (Å²) in [6.45, 7) is 4.33. The molecule has 0 saturated heterocycles. The van der Waals surface area contributed by atoms with Crippen molar-refractivity contribution in [1.82, 2.24) is 0 Å². The number of hydrogen-bond donors (Lipinski definition) is 0. The Bertz CT molecular complexity index is 1570. The molecule has 1 heteroatoms. The molecule has 0 N–H and O–H groups in total. The Hall–Kier alpha value is -3.58. The van der Waals surface area contributed by atoms with Gasteiger partial charge in [0.1, 0.15) is 11.2 Å². The smallest absolute Gasteiger partial charge is 0.143 e. The van der Waals surface area contributed by atoms with Gasteiger partial charge in [0.2, 0.25) is 0 Å². The van der Waals surface area contributed by atoms with Gasteiger partial charge in [0, 0.05) is 21.7 Å². The maximum atomic E-state index is 6.70. The second-order valence-corrected chi connectivity index (χ2v) is 7.88. The topological polar surface area (TPSA) is 13.1 Å². The first-order valence-electron chi connectivity index (χ1n) is 10.0. The van der Waals surface area contributed by atoms with Crippen LogP contribution in [0.3, 0.4) is 0 Å². The quantitative estimate of drug-likeness (QED) is 0.265. The number of furan rings is 1. The third-order valence-corrected chi connectivity index (χ3v) is 6.14. The highest BCUT2D eigenvalue weighted by atomic mass is 16.3. The third kappa shape index (κ3) is 2.28. The largest absolute Gasteiger partial charge is 0.455 e. The first-order chi connectivity index (χ1) is 14.2. The van der Waals surface area contributed by atoms with E-state index < -0.39 is 0 Å². The highest BCUT2D eigenvalue weighted by molar-refractivity contribution is 6.24. The highest BCUT2D eigenvalue weighted by Gasteiger charge is 2.18. The van der Waals surface area contributed by atoms with E-state index in [9.17, 15) is 0 Å².